The average Bonchev–Trinajstić information content (AvgIpc) is 3.21. The number of carbonyl (C=O) groups excluding carboxylic acids is 1. The van der Waals surface area contributed by atoms with Crippen LogP contribution in [0.3, 0.4) is 0 Å². The first-order chi connectivity index (χ1) is 14.7. The van der Waals surface area contributed by atoms with Crippen molar-refractivity contribution in [3.05, 3.63) is 101 Å². The smallest absolute Gasteiger partial charge is 0.298 e. The second kappa shape index (κ2) is 9.28. The van der Waals surface area contributed by atoms with Crippen molar-refractivity contribution in [1.29, 1.82) is 0 Å². The molecule has 0 bridgehead atoms. The van der Waals surface area contributed by atoms with Crippen LogP contribution in [0.2, 0.25) is 0 Å². The standard InChI is InChI=1S/C23H20N4O2S/c1-16-7-9-17(10-8-16)12-21-26-23(30-27-21)29-20-6-2-5-19(13-20)22(28)25-15-18-4-3-11-24-14-18/h2-11,13-14H,12,15H2,1H3,(H,25,28). The van der Waals surface area contributed by atoms with Crippen LogP contribution in [0, 0.1) is 6.92 Å². The van der Waals surface area contributed by atoms with Crippen molar-refractivity contribution >= 4 is 17.4 Å². The van der Waals surface area contributed by atoms with Crippen molar-refractivity contribution in [3.8, 4) is 10.9 Å². The van der Waals surface area contributed by atoms with E-state index < -0.39 is 0 Å². The van der Waals surface area contributed by atoms with Crippen molar-refractivity contribution in [3.63, 3.8) is 0 Å². The number of amides is 1. The minimum Gasteiger partial charge on any atom is -0.430 e. The first kappa shape index (κ1) is 19.7. The number of hydrogen-bond acceptors (Lipinski definition) is 6. The maximum absolute atomic E-state index is 12.4. The van der Waals surface area contributed by atoms with Gasteiger partial charge in [0.05, 0.1) is 0 Å². The fourth-order valence-corrected chi connectivity index (χ4v) is 3.40. The van der Waals surface area contributed by atoms with Gasteiger partial charge in [-0.3, -0.25) is 9.78 Å². The highest BCUT2D eigenvalue weighted by molar-refractivity contribution is 7.07. The van der Waals surface area contributed by atoms with E-state index in [1.807, 2.05) is 12.1 Å². The lowest BCUT2D eigenvalue weighted by Crippen LogP contribution is -2.22. The van der Waals surface area contributed by atoms with Crippen molar-refractivity contribution in [2.45, 2.75) is 19.9 Å². The summed E-state index contributed by atoms with van der Waals surface area (Å²) in [5.41, 5.74) is 3.82. The molecule has 2 aromatic carbocycles. The van der Waals surface area contributed by atoms with E-state index in [0.29, 0.717) is 35.3 Å². The summed E-state index contributed by atoms with van der Waals surface area (Å²) in [6.07, 6.45) is 4.08. The van der Waals surface area contributed by atoms with Crippen molar-refractivity contribution in [2.24, 2.45) is 0 Å². The molecular weight excluding hydrogens is 396 g/mol. The summed E-state index contributed by atoms with van der Waals surface area (Å²) in [6, 6.07) is 19.1. The monoisotopic (exact) mass is 416 g/mol. The zero-order valence-corrected chi connectivity index (χ0v) is 17.2. The van der Waals surface area contributed by atoms with Gasteiger partial charge in [0, 0.05) is 42.5 Å². The molecule has 0 spiro atoms. The molecule has 1 N–H and O–H groups in total. The predicted molar refractivity (Wildman–Crippen MR) is 116 cm³/mol. The summed E-state index contributed by atoms with van der Waals surface area (Å²) in [6.45, 7) is 2.47. The van der Waals surface area contributed by atoms with Crippen LogP contribution in [0.25, 0.3) is 0 Å². The Hall–Kier alpha value is -3.58. The van der Waals surface area contributed by atoms with Crippen molar-refractivity contribution in [1.82, 2.24) is 19.7 Å². The Balaban J connectivity index is 1.37. The predicted octanol–water partition coefficient (Wildman–Crippen LogP) is 4.55. The average molecular weight is 417 g/mol. The number of benzene rings is 2. The molecule has 0 atom stereocenters. The molecule has 150 valence electrons. The van der Waals surface area contributed by atoms with Crippen LogP contribution in [0.4, 0.5) is 0 Å². The fraction of sp³-hybridized carbons (Fsp3) is 0.130. The van der Waals surface area contributed by atoms with E-state index >= 15 is 0 Å². The number of rotatable bonds is 7. The first-order valence-electron chi connectivity index (χ1n) is 9.49. The van der Waals surface area contributed by atoms with Gasteiger partial charge in [0.2, 0.25) is 0 Å². The van der Waals surface area contributed by atoms with Gasteiger partial charge in [-0.2, -0.15) is 9.36 Å². The highest BCUT2D eigenvalue weighted by Gasteiger charge is 2.10. The molecule has 0 aliphatic heterocycles. The van der Waals surface area contributed by atoms with E-state index in [2.05, 4.69) is 50.8 Å². The molecule has 2 heterocycles. The van der Waals surface area contributed by atoms with E-state index in [1.54, 1.807) is 36.7 Å². The Bertz CT molecular complexity index is 1130. The van der Waals surface area contributed by atoms with Crippen LogP contribution in [0.5, 0.6) is 10.9 Å². The number of ether oxygens (including phenoxy) is 1. The van der Waals surface area contributed by atoms with E-state index in [0.717, 1.165) is 11.1 Å². The normalized spacial score (nSPS) is 10.6. The number of aryl methyl sites for hydroxylation is 1. The highest BCUT2D eigenvalue weighted by atomic mass is 32.1. The molecule has 7 heteroatoms. The van der Waals surface area contributed by atoms with Gasteiger partial charge in [-0.15, -0.1) is 0 Å². The molecule has 0 aliphatic rings. The molecular formula is C23H20N4O2S. The van der Waals surface area contributed by atoms with E-state index in [1.165, 1.54) is 17.1 Å². The largest absolute Gasteiger partial charge is 0.430 e. The molecule has 1 amide bonds. The van der Waals surface area contributed by atoms with Crippen molar-refractivity contribution in [2.75, 3.05) is 0 Å². The van der Waals surface area contributed by atoms with Crippen LogP contribution < -0.4 is 10.1 Å². The van der Waals surface area contributed by atoms with Gasteiger partial charge in [-0.1, -0.05) is 42.0 Å². The molecule has 2 aromatic heterocycles. The molecule has 0 radical (unpaired) electrons. The Morgan fingerprint density at radius 1 is 1.07 bits per heavy atom. The summed E-state index contributed by atoms with van der Waals surface area (Å²) in [4.78, 5) is 20.9. The molecule has 0 unspecified atom stereocenters. The summed E-state index contributed by atoms with van der Waals surface area (Å²) in [7, 11) is 0. The lowest BCUT2D eigenvalue weighted by molar-refractivity contribution is 0.0950. The third-order valence-corrected chi connectivity index (χ3v) is 5.04. The van der Waals surface area contributed by atoms with Gasteiger partial charge >= 0.3 is 0 Å². The molecule has 4 aromatic rings. The third kappa shape index (κ3) is 5.27. The Morgan fingerprint density at radius 2 is 1.93 bits per heavy atom. The van der Waals surface area contributed by atoms with Crippen LogP contribution >= 0.6 is 11.5 Å². The molecule has 4 rings (SSSR count). The van der Waals surface area contributed by atoms with Gasteiger partial charge in [0.25, 0.3) is 11.1 Å². The molecule has 30 heavy (non-hydrogen) atoms. The van der Waals surface area contributed by atoms with Gasteiger partial charge in [-0.05, 0) is 42.3 Å². The topological polar surface area (TPSA) is 77.0 Å². The van der Waals surface area contributed by atoms with Gasteiger partial charge in [-0.25, -0.2) is 0 Å². The number of nitrogens with zero attached hydrogens (tertiary/aromatic N) is 3. The summed E-state index contributed by atoms with van der Waals surface area (Å²) < 4.78 is 10.2. The van der Waals surface area contributed by atoms with Crippen LogP contribution in [0.1, 0.15) is 32.9 Å². The lowest BCUT2D eigenvalue weighted by atomic mass is 10.1. The Kier molecular flexibility index (Phi) is 6.10. The number of nitrogens with one attached hydrogen (secondary N) is 1. The quantitative estimate of drug-likeness (QED) is 0.478. The summed E-state index contributed by atoms with van der Waals surface area (Å²) in [5.74, 6) is 1.08. The van der Waals surface area contributed by atoms with Crippen LogP contribution in [-0.4, -0.2) is 20.2 Å². The maximum Gasteiger partial charge on any atom is 0.298 e. The molecule has 0 saturated carbocycles. The maximum atomic E-state index is 12.4. The highest BCUT2D eigenvalue weighted by Crippen LogP contribution is 2.24. The number of pyridine rings is 1. The zero-order chi connectivity index (χ0) is 20.8. The molecule has 6 nitrogen and oxygen atoms in total. The van der Waals surface area contributed by atoms with Crippen LogP contribution in [-0.2, 0) is 13.0 Å². The second-order valence-corrected chi connectivity index (χ2v) is 7.53. The van der Waals surface area contributed by atoms with Gasteiger partial charge < -0.3 is 10.1 Å². The second-order valence-electron chi connectivity index (χ2n) is 6.81. The summed E-state index contributed by atoms with van der Waals surface area (Å²) >= 11 is 1.20. The Morgan fingerprint density at radius 3 is 2.73 bits per heavy atom. The van der Waals surface area contributed by atoms with E-state index in [-0.39, 0.29) is 5.91 Å². The SMILES string of the molecule is Cc1ccc(Cc2nsc(Oc3cccc(C(=O)NCc4cccnc4)c3)n2)cc1. The zero-order valence-electron chi connectivity index (χ0n) is 16.4. The van der Waals surface area contributed by atoms with Crippen molar-refractivity contribution < 1.29 is 9.53 Å². The molecule has 0 fully saturated rings. The van der Waals surface area contributed by atoms with E-state index in [4.69, 9.17) is 4.74 Å². The Labute approximate surface area is 178 Å². The number of aromatic nitrogens is 3. The summed E-state index contributed by atoms with van der Waals surface area (Å²) in [5, 5.41) is 3.33. The van der Waals surface area contributed by atoms with E-state index in [9.17, 15) is 4.79 Å². The number of carbonyl (C=O) groups is 1. The van der Waals surface area contributed by atoms with Gasteiger partial charge in [0.1, 0.15) is 5.75 Å². The minimum atomic E-state index is -0.179. The molecule has 0 aliphatic carbocycles. The minimum absolute atomic E-state index is 0.179. The molecule has 0 saturated heterocycles. The van der Waals surface area contributed by atoms with Gasteiger partial charge in [0.15, 0.2) is 5.82 Å². The number of hydrogen-bond donors (Lipinski definition) is 1. The fourth-order valence-electron chi connectivity index (χ4n) is 2.83. The first-order valence-corrected chi connectivity index (χ1v) is 10.3. The lowest BCUT2D eigenvalue weighted by Gasteiger charge is -2.07. The third-order valence-electron chi connectivity index (χ3n) is 4.41. The van der Waals surface area contributed by atoms with Crippen LogP contribution in [0.15, 0.2) is 73.1 Å².